The normalized spacial score (nSPS) is 45.0. The molecule has 1 nitrogen and oxygen atoms in total. The second-order valence-corrected chi connectivity index (χ2v) is 3.41. The van der Waals surface area contributed by atoms with Crippen molar-refractivity contribution in [3.05, 3.63) is 0 Å². The van der Waals surface area contributed by atoms with Crippen LogP contribution in [-0.4, -0.2) is 12.1 Å². The number of hydrogen-bond acceptors (Lipinski definition) is 1. The summed E-state index contributed by atoms with van der Waals surface area (Å²) in [5.41, 5.74) is 0. The maximum Gasteiger partial charge on any atom is 0.00668 e. The number of piperidine rings is 1. The monoisotopic (exact) mass is 127 g/mol. The second-order valence-electron chi connectivity index (χ2n) is 3.41. The molecular weight excluding hydrogens is 110 g/mol. The molecule has 0 radical (unpaired) electrons. The molecule has 1 aliphatic heterocycles. The summed E-state index contributed by atoms with van der Waals surface area (Å²) in [5.74, 6) is 0.876. The number of hydrogen-bond donors (Lipinski definition) is 1. The molecule has 0 unspecified atom stereocenters. The molecule has 0 aromatic carbocycles. The predicted octanol–water partition coefficient (Wildman–Crippen LogP) is 1.78. The van der Waals surface area contributed by atoms with Crippen LogP contribution in [0.5, 0.6) is 0 Å². The van der Waals surface area contributed by atoms with Crippen molar-refractivity contribution in [1.82, 2.24) is 5.32 Å². The van der Waals surface area contributed by atoms with E-state index in [-0.39, 0.29) is 0 Å². The fourth-order valence-corrected chi connectivity index (χ4v) is 1.46. The molecule has 1 N–H and O–H groups in total. The third-order valence-electron chi connectivity index (χ3n) is 2.46. The Balaban J connectivity index is 2.35. The summed E-state index contributed by atoms with van der Waals surface area (Å²) >= 11 is 0. The fraction of sp³-hybridized carbons (Fsp3) is 1.00. The Morgan fingerprint density at radius 2 is 1.78 bits per heavy atom. The summed E-state index contributed by atoms with van der Waals surface area (Å²) in [6, 6.07) is 1.48. The lowest BCUT2D eigenvalue weighted by molar-refractivity contribution is 0.269. The Bertz CT molecular complexity index is 90.6. The minimum Gasteiger partial charge on any atom is -0.312 e. The van der Waals surface area contributed by atoms with Gasteiger partial charge in [-0.25, -0.2) is 0 Å². The van der Waals surface area contributed by atoms with Crippen molar-refractivity contribution in [3.8, 4) is 0 Å². The van der Waals surface area contributed by atoms with Crippen LogP contribution in [0.3, 0.4) is 0 Å². The van der Waals surface area contributed by atoms with Crippen molar-refractivity contribution >= 4 is 0 Å². The minimum absolute atomic E-state index is 0.730. The highest BCUT2D eigenvalue weighted by Gasteiger charge is 2.19. The van der Waals surface area contributed by atoms with Gasteiger partial charge in [-0.15, -0.1) is 0 Å². The van der Waals surface area contributed by atoms with E-state index in [9.17, 15) is 0 Å². The minimum atomic E-state index is 0.730. The first kappa shape index (κ1) is 7.07. The molecule has 1 aliphatic rings. The van der Waals surface area contributed by atoms with E-state index in [1.807, 2.05) is 0 Å². The molecule has 1 heterocycles. The van der Waals surface area contributed by atoms with Crippen LogP contribution in [0.4, 0.5) is 0 Å². The first-order valence-corrected chi connectivity index (χ1v) is 3.96. The van der Waals surface area contributed by atoms with Crippen LogP contribution in [0.25, 0.3) is 0 Å². The highest BCUT2D eigenvalue weighted by atomic mass is 15.0. The lowest BCUT2D eigenvalue weighted by Gasteiger charge is -2.31. The van der Waals surface area contributed by atoms with Gasteiger partial charge in [0.1, 0.15) is 0 Å². The van der Waals surface area contributed by atoms with Gasteiger partial charge >= 0.3 is 0 Å². The van der Waals surface area contributed by atoms with E-state index >= 15 is 0 Å². The largest absolute Gasteiger partial charge is 0.312 e. The summed E-state index contributed by atoms with van der Waals surface area (Å²) in [6.07, 6.45) is 2.75. The van der Waals surface area contributed by atoms with Gasteiger partial charge in [0.05, 0.1) is 0 Å². The van der Waals surface area contributed by atoms with Crippen LogP contribution >= 0.6 is 0 Å². The smallest absolute Gasteiger partial charge is 0.00668 e. The molecule has 0 aromatic rings. The lowest BCUT2D eigenvalue weighted by Crippen LogP contribution is -2.43. The Hall–Kier alpha value is -0.0400. The zero-order valence-electron chi connectivity index (χ0n) is 6.65. The van der Waals surface area contributed by atoms with Gasteiger partial charge < -0.3 is 5.32 Å². The molecular formula is C8H17N. The highest BCUT2D eigenvalue weighted by Crippen LogP contribution is 2.18. The molecule has 0 saturated carbocycles. The van der Waals surface area contributed by atoms with Gasteiger partial charge in [0.15, 0.2) is 0 Å². The second kappa shape index (κ2) is 2.70. The Morgan fingerprint density at radius 3 is 2.22 bits per heavy atom. The van der Waals surface area contributed by atoms with E-state index in [2.05, 4.69) is 26.1 Å². The molecule has 1 heteroatoms. The maximum atomic E-state index is 3.53. The van der Waals surface area contributed by atoms with E-state index < -0.39 is 0 Å². The first-order chi connectivity index (χ1) is 4.20. The van der Waals surface area contributed by atoms with Gasteiger partial charge in [-0.2, -0.15) is 0 Å². The third kappa shape index (κ3) is 1.68. The SMILES string of the molecule is C[C@H]1CC[C@H](C)[C@@H](C)N1. The van der Waals surface area contributed by atoms with Gasteiger partial charge in [-0.3, -0.25) is 0 Å². The van der Waals surface area contributed by atoms with E-state index in [1.165, 1.54) is 12.8 Å². The van der Waals surface area contributed by atoms with Crippen molar-refractivity contribution in [3.63, 3.8) is 0 Å². The zero-order chi connectivity index (χ0) is 6.85. The van der Waals surface area contributed by atoms with Gasteiger partial charge in [-0.1, -0.05) is 6.92 Å². The number of nitrogens with one attached hydrogen (secondary N) is 1. The predicted molar refractivity (Wildman–Crippen MR) is 40.5 cm³/mol. The van der Waals surface area contributed by atoms with Crippen molar-refractivity contribution in [1.29, 1.82) is 0 Å². The quantitative estimate of drug-likeness (QED) is 0.523. The molecule has 0 amide bonds. The summed E-state index contributed by atoms with van der Waals surface area (Å²) in [6.45, 7) is 6.87. The molecule has 54 valence electrons. The molecule has 9 heavy (non-hydrogen) atoms. The summed E-state index contributed by atoms with van der Waals surface area (Å²) in [5, 5.41) is 3.53. The van der Waals surface area contributed by atoms with E-state index in [0.717, 1.165) is 18.0 Å². The Morgan fingerprint density at radius 1 is 1.11 bits per heavy atom. The van der Waals surface area contributed by atoms with Crippen LogP contribution < -0.4 is 5.32 Å². The van der Waals surface area contributed by atoms with Crippen LogP contribution in [-0.2, 0) is 0 Å². The van der Waals surface area contributed by atoms with Gasteiger partial charge in [-0.05, 0) is 32.6 Å². The van der Waals surface area contributed by atoms with E-state index in [4.69, 9.17) is 0 Å². The summed E-state index contributed by atoms with van der Waals surface area (Å²) in [7, 11) is 0. The third-order valence-corrected chi connectivity index (χ3v) is 2.46. The lowest BCUT2D eigenvalue weighted by atomic mass is 9.91. The van der Waals surface area contributed by atoms with Gasteiger partial charge in [0.25, 0.3) is 0 Å². The van der Waals surface area contributed by atoms with Crippen molar-refractivity contribution in [2.24, 2.45) is 5.92 Å². The van der Waals surface area contributed by atoms with Crippen LogP contribution in [0.15, 0.2) is 0 Å². The van der Waals surface area contributed by atoms with Crippen molar-refractivity contribution in [2.45, 2.75) is 45.7 Å². The molecule has 0 spiro atoms. The molecule has 0 aromatic heterocycles. The Labute approximate surface area is 57.8 Å². The molecule has 1 rings (SSSR count). The van der Waals surface area contributed by atoms with Crippen molar-refractivity contribution < 1.29 is 0 Å². The average molecular weight is 127 g/mol. The molecule has 3 atom stereocenters. The zero-order valence-corrected chi connectivity index (χ0v) is 6.65. The molecule has 1 fully saturated rings. The number of rotatable bonds is 0. The van der Waals surface area contributed by atoms with E-state index in [1.54, 1.807) is 0 Å². The molecule has 1 saturated heterocycles. The summed E-state index contributed by atoms with van der Waals surface area (Å²) < 4.78 is 0. The molecule has 0 bridgehead atoms. The average Bonchev–Trinajstić information content (AvgIpc) is 1.80. The summed E-state index contributed by atoms with van der Waals surface area (Å²) in [4.78, 5) is 0. The topological polar surface area (TPSA) is 12.0 Å². The van der Waals surface area contributed by atoms with Gasteiger partial charge in [0, 0.05) is 12.1 Å². The standard InChI is InChI=1S/C8H17N/c1-6-4-5-7(2)9-8(6)3/h6-9H,4-5H2,1-3H3/t6-,7-,8+/m0/s1. The maximum absolute atomic E-state index is 3.53. The van der Waals surface area contributed by atoms with Crippen molar-refractivity contribution in [2.75, 3.05) is 0 Å². The fourth-order valence-electron chi connectivity index (χ4n) is 1.46. The van der Waals surface area contributed by atoms with Crippen LogP contribution in [0.2, 0.25) is 0 Å². The highest BCUT2D eigenvalue weighted by molar-refractivity contribution is 4.78. The Kier molecular flexibility index (Phi) is 2.12. The van der Waals surface area contributed by atoms with Crippen LogP contribution in [0, 0.1) is 5.92 Å². The van der Waals surface area contributed by atoms with Gasteiger partial charge in [0.2, 0.25) is 0 Å². The van der Waals surface area contributed by atoms with E-state index in [0.29, 0.717) is 0 Å². The molecule has 0 aliphatic carbocycles. The van der Waals surface area contributed by atoms with Crippen LogP contribution in [0.1, 0.15) is 33.6 Å². The first-order valence-electron chi connectivity index (χ1n) is 3.96.